The van der Waals surface area contributed by atoms with E-state index in [4.69, 9.17) is 17.0 Å². The zero-order valence-electron chi connectivity index (χ0n) is 15.1. The lowest BCUT2D eigenvalue weighted by Gasteiger charge is -2.17. The van der Waals surface area contributed by atoms with Crippen LogP contribution in [0.1, 0.15) is 19.4 Å². The summed E-state index contributed by atoms with van der Waals surface area (Å²) < 4.78 is 7.74. The number of benzene rings is 2. The molecule has 0 atom stereocenters. The summed E-state index contributed by atoms with van der Waals surface area (Å²) in [5.41, 5.74) is 2.41. The third kappa shape index (κ3) is 6.61. The predicted octanol–water partition coefficient (Wildman–Crippen LogP) is 5.67. The van der Waals surface area contributed by atoms with Gasteiger partial charge in [0.25, 0.3) is 0 Å². The fraction of sp³-hybridized carbons (Fsp3) is 0.350. The van der Waals surface area contributed by atoms with Gasteiger partial charge in [-0.25, -0.2) is 0 Å². The van der Waals surface area contributed by atoms with Crippen LogP contribution in [-0.4, -0.2) is 36.1 Å². The van der Waals surface area contributed by atoms with Crippen molar-refractivity contribution in [3.63, 3.8) is 0 Å². The van der Waals surface area contributed by atoms with Gasteiger partial charge in [-0.15, -0.1) is 11.3 Å². The molecule has 5 heteroatoms. The monoisotopic (exact) mass is 374 g/mol. The van der Waals surface area contributed by atoms with Crippen LogP contribution in [0.15, 0.2) is 48.5 Å². The van der Waals surface area contributed by atoms with Crippen molar-refractivity contribution in [2.45, 2.75) is 20.8 Å². The van der Waals surface area contributed by atoms with Crippen molar-refractivity contribution in [2.24, 2.45) is 0 Å². The summed E-state index contributed by atoms with van der Waals surface area (Å²) in [6, 6.07) is 16.3. The number of nitrogens with one attached hydrogen (secondary N) is 1. The summed E-state index contributed by atoms with van der Waals surface area (Å²) in [4.78, 5) is 5.49. The second-order valence-electron chi connectivity index (χ2n) is 5.70. The molecule has 0 aliphatic rings. The molecule has 0 fully saturated rings. The fourth-order valence-electron chi connectivity index (χ4n) is 2.38. The molecule has 0 unspecified atom stereocenters. The lowest BCUT2D eigenvalue weighted by molar-refractivity contribution is 0.223. The number of rotatable bonds is 6. The Labute approximate surface area is 159 Å². The molecule has 3 rings (SSSR count). The van der Waals surface area contributed by atoms with E-state index in [2.05, 4.69) is 48.9 Å². The normalized spacial score (nSPS) is 10.6. The van der Waals surface area contributed by atoms with E-state index in [1.54, 1.807) is 11.3 Å². The molecule has 0 saturated heterocycles. The Morgan fingerprint density at radius 2 is 1.80 bits per heavy atom. The molecule has 25 heavy (non-hydrogen) atoms. The first-order valence-corrected chi connectivity index (χ1v) is 9.84. The number of hydrogen-bond donors (Lipinski definition) is 1. The molecule has 1 N–H and O–H groups in total. The SMILES string of the molecule is CCN(CC)CCOc1ccc2[nH]c(=S)sc2c1.Cc1ccccc1. The number of thiazole rings is 1. The second-order valence-corrected chi connectivity index (χ2v) is 7.42. The minimum absolute atomic E-state index is 0.725. The minimum atomic E-state index is 0.725. The van der Waals surface area contributed by atoms with Gasteiger partial charge >= 0.3 is 0 Å². The molecule has 3 aromatic rings. The molecule has 3 nitrogen and oxygen atoms in total. The lowest BCUT2D eigenvalue weighted by Crippen LogP contribution is -2.27. The summed E-state index contributed by atoms with van der Waals surface area (Å²) in [6.07, 6.45) is 0. The van der Waals surface area contributed by atoms with Crippen LogP contribution in [0.2, 0.25) is 0 Å². The van der Waals surface area contributed by atoms with Gasteiger partial charge in [-0.1, -0.05) is 49.7 Å². The van der Waals surface area contributed by atoms with Crippen molar-refractivity contribution in [2.75, 3.05) is 26.2 Å². The van der Waals surface area contributed by atoms with E-state index in [1.807, 2.05) is 30.3 Å². The quantitative estimate of drug-likeness (QED) is 0.563. The molecular weight excluding hydrogens is 348 g/mol. The maximum atomic E-state index is 5.77. The third-order valence-corrected chi connectivity index (χ3v) is 5.10. The molecule has 134 valence electrons. The maximum absolute atomic E-state index is 5.77. The van der Waals surface area contributed by atoms with Gasteiger partial charge in [-0.3, -0.25) is 0 Å². The first kappa shape index (κ1) is 19.6. The molecular formula is C20H26N2OS2. The van der Waals surface area contributed by atoms with Gasteiger partial charge in [-0.05, 0) is 50.4 Å². The van der Waals surface area contributed by atoms with Crippen molar-refractivity contribution < 1.29 is 4.74 Å². The van der Waals surface area contributed by atoms with Gasteiger partial charge in [0.05, 0.1) is 10.2 Å². The number of hydrogen-bond acceptors (Lipinski definition) is 4. The minimum Gasteiger partial charge on any atom is -0.492 e. The molecule has 0 aliphatic carbocycles. The standard InChI is InChI=1S/C13H18N2OS2.C7H8/c1-3-15(4-2)7-8-16-10-5-6-11-12(9-10)18-13(17)14-11;1-7-5-3-2-4-6-7/h5-6,9H,3-4,7-8H2,1-2H3,(H,14,17);2-6H,1H3. The van der Waals surface area contributed by atoms with E-state index in [-0.39, 0.29) is 0 Å². The molecule has 0 saturated carbocycles. The summed E-state index contributed by atoms with van der Waals surface area (Å²) in [5.74, 6) is 0.917. The van der Waals surface area contributed by atoms with Crippen molar-refractivity contribution in [3.05, 3.63) is 58.0 Å². The van der Waals surface area contributed by atoms with E-state index in [0.717, 1.165) is 46.2 Å². The van der Waals surface area contributed by atoms with Crippen molar-refractivity contribution in [1.29, 1.82) is 0 Å². The Morgan fingerprint density at radius 3 is 2.40 bits per heavy atom. The van der Waals surface area contributed by atoms with Crippen LogP contribution in [0.3, 0.4) is 0 Å². The van der Waals surface area contributed by atoms with Crippen molar-refractivity contribution >= 4 is 33.8 Å². The summed E-state index contributed by atoms with van der Waals surface area (Å²) in [7, 11) is 0. The Morgan fingerprint density at radius 1 is 1.08 bits per heavy atom. The number of ether oxygens (including phenoxy) is 1. The lowest BCUT2D eigenvalue weighted by atomic mass is 10.2. The number of aromatic amines is 1. The first-order chi connectivity index (χ1) is 12.1. The van der Waals surface area contributed by atoms with E-state index in [0.29, 0.717) is 0 Å². The number of aromatic nitrogens is 1. The maximum Gasteiger partial charge on any atom is 0.159 e. The van der Waals surface area contributed by atoms with Crippen molar-refractivity contribution in [1.82, 2.24) is 9.88 Å². The molecule has 1 aromatic heterocycles. The van der Waals surface area contributed by atoms with Gasteiger partial charge in [0.15, 0.2) is 3.95 Å². The van der Waals surface area contributed by atoms with E-state index in [1.165, 1.54) is 5.56 Å². The van der Waals surface area contributed by atoms with Crippen LogP contribution in [-0.2, 0) is 0 Å². The zero-order valence-corrected chi connectivity index (χ0v) is 16.8. The molecule has 0 aliphatic heterocycles. The average Bonchev–Trinajstić information content (AvgIpc) is 2.99. The second kappa shape index (κ2) is 10.3. The highest BCUT2D eigenvalue weighted by Gasteiger charge is 2.02. The number of H-pyrrole nitrogens is 1. The molecule has 2 aromatic carbocycles. The Kier molecular flexibility index (Phi) is 8.12. The third-order valence-electron chi connectivity index (χ3n) is 3.90. The van der Waals surface area contributed by atoms with Crippen molar-refractivity contribution in [3.8, 4) is 5.75 Å². The molecule has 0 spiro atoms. The van der Waals surface area contributed by atoms with Gasteiger partial charge in [0.1, 0.15) is 12.4 Å². The fourth-order valence-corrected chi connectivity index (χ4v) is 3.53. The van der Waals surface area contributed by atoms with Crippen LogP contribution in [0.5, 0.6) is 5.75 Å². The van der Waals surface area contributed by atoms with E-state index in [9.17, 15) is 0 Å². The number of likely N-dealkylation sites (N-methyl/N-ethyl adjacent to an activating group) is 1. The van der Waals surface area contributed by atoms with Crippen LogP contribution in [0.4, 0.5) is 0 Å². The highest BCUT2D eigenvalue weighted by Crippen LogP contribution is 2.24. The van der Waals surface area contributed by atoms with E-state index >= 15 is 0 Å². The average molecular weight is 375 g/mol. The number of aryl methyl sites for hydroxylation is 1. The van der Waals surface area contributed by atoms with Crippen LogP contribution < -0.4 is 4.74 Å². The highest BCUT2D eigenvalue weighted by molar-refractivity contribution is 7.73. The van der Waals surface area contributed by atoms with Crippen LogP contribution in [0, 0.1) is 10.9 Å². The predicted molar refractivity (Wildman–Crippen MR) is 111 cm³/mol. The zero-order chi connectivity index (χ0) is 18.1. The van der Waals surface area contributed by atoms with E-state index < -0.39 is 0 Å². The molecule has 1 heterocycles. The first-order valence-electron chi connectivity index (χ1n) is 8.62. The number of nitrogens with zero attached hydrogens (tertiary/aromatic N) is 1. The summed E-state index contributed by atoms with van der Waals surface area (Å²) >= 11 is 6.71. The van der Waals surface area contributed by atoms with Gasteiger partial charge < -0.3 is 14.6 Å². The number of fused-ring (bicyclic) bond motifs is 1. The smallest absolute Gasteiger partial charge is 0.159 e. The topological polar surface area (TPSA) is 28.3 Å². The Hall–Kier alpha value is -1.69. The van der Waals surface area contributed by atoms with Gasteiger partial charge in [0.2, 0.25) is 0 Å². The molecule has 0 radical (unpaired) electrons. The molecule has 0 amide bonds. The largest absolute Gasteiger partial charge is 0.492 e. The van der Waals surface area contributed by atoms with Gasteiger partial charge in [0, 0.05) is 6.54 Å². The highest BCUT2D eigenvalue weighted by atomic mass is 32.1. The molecule has 0 bridgehead atoms. The van der Waals surface area contributed by atoms with Gasteiger partial charge in [-0.2, -0.15) is 0 Å². The Balaban J connectivity index is 0.000000269. The summed E-state index contributed by atoms with van der Waals surface area (Å²) in [6.45, 7) is 10.2. The summed E-state index contributed by atoms with van der Waals surface area (Å²) in [5, 5.41) is 0. The Bertz CT molecular complexity index is 807. The van der Waals surface area contributed by atoms with Crippen LogP contribution in [0.25, 0.3) is 10.2 Å². The van der Waals surface area contributed by atoms with Crippen LogP contribution >= 0.6 is 23.6 Å².